The Morgan fingerprint density at radius 3 is 2.55 bits per heavy atom. The van der Waals surface area contributed by atoms with E-state index in [1.807, 2.05) is 13.8 Å². The van der Waals surface area contributed by atoms with Crippen LogP contribution in [0.4, 0.5) is 15.8 Å². The quantitative estimate of drug-likeness (QED) is 0.813. The molecule has 0 unspecified atom stereocenters. The number of nitrogens with two attached hydrogens (primary N) is 1. The van der Waals surface area contributed by atoms with Crippen LogP contribution in [0, 0.1) is 19.7 Å². The first-order valence-electron chi connectivity index (χ1n) is 6.01. The first-order valence-corrected chi connectivity index (χ1v) is 6.81. The van der Waals surface area contributed by atoms with Gasteiger partial charge in [-0.15, -0.1) is 0 Å². The molecule has 0 bridgehead atoms. The lowest BCUT2D eigenvalue weighted by Crippen LogP contribution is -2.14. The van der Waals surface area contributed by atoms with E-state index in [-0.39, 0.29) is 5.56 Å². The molecule has 0 heterocycles. The lowest BCUT2D eigenvalue weighted by Gasteiger charge is -2.12. The van der Waals surface area contributed by atoms with E-state index in [0.29, 0.717) is 15.8 Å². The van der Waals surface area contributed by atoms with Crippen LogP contribution in [0.5, 0.6) is 0 Å². The molecule has 0 aliphatic rings. The van der Waals surface area contributed by atoms with Gasteiger partial charge in [-0.1, -0.05) is 0 Å². The lowest BCUT2D eigenvalue weighted by molar-refractivity contribution is 0.102. The molecule has 0 aliphatic carbocycles. The van der Waals surface area contributed by atoms with Gasteiger partial charge in [0.2, 0.25) is 0 Å². The largest absolute Gasteiger partial charge is 0.397 e. The van der Waals surface area contributed by atoms with Gasteiger partial charge >= 0.3 is 0 Å². The number of rotatable bonds is 2. The van der Waals surface area contributed by atoms with Crippen molar-refractivity contribution >= 4 is 33.2 Å². The summed E-state index contributed by atoms with van der Waals surface area (Å²) in [5.41, 5.74) is 9.18. The normalized spacial score (nSPS) is 10.4. The number of hydrogen-bond acceptors (Lipinski definition) is 2. The number of benzene rings is 2. The van der Waals surface area contributed by atoms with Crippen molar-refractivity contribution in [2.75, 3.05) is 11.1 Å². The van der Waals surface area contributed by atoms with Crippen molar-refractivity contribution in [3.63, 3.8) is 0 Å². The van der Waals surface area contributed by atoms with Crippen LogP contribution in [-0.4, -0.2) is 5.91 Å². The summed E-state index contributed by atoms with van der Waals surface area (Å²) in [5, 5.41) is 2.70. The molecule has 20 heavy (non-hydrogen) atoms. The Balaban J connectivity index is 2.32. The highest BCUT2D eigenvalue weighted by atomic mass is 79.9. The molecule has 3 nitrogen and oxygen atoms in total. The number of aryl methyl sites for hydroxylation is 2. The Morgan fingerprint density at radius 1 is 1.20 bits per heavy atom. The predicted molar refractivity (Wildman–Crippen MR) is 82.4 cm³/mol. The molecule has 0 aromatic heterocycles. The van der Waals surface area contributed by atoms with Crippen molar-refractivity contribution in [3.8, 4) is 0 Å². The standard InChI is InChI=1S/C15H14BrFN2O/c1-8-5-13(18)14(6-9(8)2)19-15(20)11-7-10(17)3-4-12(11)16/h3-7H,18H2,1-2H3,(H,19,20). The molecule has 0 saturated carbocycles. The number of anilines is 2. The van der Waals surface area contributed by atoms with Gasteiger partial charge in [-0.05, 0) is 71.2 Å². The van der Waals surface area contributed by atoms with Crippen LogP contribution in [-0.2, 0) is 0 Å². The van der Waals surface area contributed by atoms with Crippen molar-refractivity contribution in [2.24, 2.45) is 0 Å². The minimum Gasteiger partial charge on any atom is -0.397 e. The van der Waals surface area contributed by atoms with Gasteiger partial charge in [0.1, 0.15) is 5.82 Å². The Hall–Kier alpha value is -1.88. The SMILES string of the molecule is Cc1cc(N)c(NC(=O)c2cc(F)ccc2Br)cc1C. The molecular formula is C15H14BrFN2O. The summed E-state index contributed by atoms with van der Waals surface area (Å²) in [7, 11) is 0. The number of halogens is 2. The Kier molecular flexibility index (Phi) is 4.09. The van der Waals surface area contributed by atoms with Gasteiger partial charge in [-0.25, -0.2) is 4.39 Å². The van der Waals surface area contributed by atoms with Crippen LogP contribution in [0.15, 0.2) is 34.8 Å². The molecule has 0 atom stereocenters. The molecule has 0 spiro atoms. The fourth-order valence-electron chi connectivity index (χ4n) is 1.81. The van der Waals surface area contributed by atoms with Gasteiger partial charge in [-0.2, -0.15) is 0 Å². The molecule has 1 amide bonds. The number of carbonyl (C=O) groups excluding carboxylic acids is 1. The number of amides is 1. The van der Waals surface area contributed by atoms with E-state index in [0.717, 1.165) is 11.1 Å². The molecule has 3 N–H and O–H groups in total. The molecule has 0 aliphatic heterocycles. The monoisotopic (exact) mass is 336 g/mol. The maximum atomic E-state index is 13.2. The molecule has 2 aromatic carbocycles. The van der Waals surface area contributed by atoms with E-state index in [2.05, 4.69) is 21.2 Å². The second-order valence-corrected chi connectivity index (χ2v) is 5.46. The van der Waals surface area contributed by atoms with Crippen LogP contribution < -0.4 is 11.1 Å². The Morgan fingerprint density at radius 2 is 1.85 bits per heavy atom. The average molecular weight is 337 g/mol. The van der Waals surface area contributed by atoms with Crippen molar-refractivity contribution in [2.45, 2.75) is 13.8 Å². The molecule has 104 valence electrons. The van der Waals surface area contributed by atoms with Gasteiger partial charge in [0.05, 0.1) is 16.9 Å². The number of hydrogen-bond donors (Lipinski definition) is 2. The van der Waals surface area contributed by atoms with E-state index in [1.165, 1.54) is 18.2 Å². The molecule has 2 aromatic rings. The highest BCUT2D eigenvalue weighted by molar-refractivity contribution is 9.10. The van der Waals surface area contributed by atoms with Crippen molar-refractivity contribution in [1.82, 2.24) is 0 Å². The molecule has 2 rings (SSSR count). The van der Waals surface area contributed by atoms with Gasteiger partial charge in [0.15, 0.2) is 0 Å². The third kappa shape index (κ3) is 2.99. The lowest BCUT2D eigenvalue weighted by atomic mass is 10.1. The van der Waals surface area contributed by atoms with Crippen molar-refractivity contribution in [3.05, 3.63) is 57.3 Å². The smallest absolute Gasteiger partial charge is 0.256 e. The summed E-state index contributed by atoms with van der Waals surface area (Å²) in [6.45, 7) is 3.88. The predicted octanol–water partition coefficient (Wildman–Crippen LogP) is 4.04. The summed E-state index contributed by atoms with van der Waals surface area (Å²) in [6.07, 6.45) is 0. The third-order valence-electron chi connectivity index (χ3n) is 3.09. The number of nitrogens with one attached hydrogen (secondary N) is 1. The summed E-state index contributed by atoms with van der Waals surface area (Å²) in [6, 6.07) is 7.55. The Labute approximate surface area is 125 Å². The molecular weight excluding hydrogens is 323 g/mol. The zero-order chi connectivity index (χ0) is 14.9. The summed E-state index contributed by atoms with van der Waals surface area (Å²) in [4.78, 5) is 12.2. The zero-order valence-electron chi connectivity index (χ0n) is 11.1. The van der Waals surface area contributed by atoms with Gasteiger partial charge < -0.3 is 11.1 Å². The molecule has 0 saturated heterocycles. The molecule has 0 fully saturated rings. The van der Waals surface area contributed by atoms with Crippen molar-refractivity contribution in [1.29, 1.82) is 0 Å². The van der Waals surface area contributed by atoms with Crippen LogP contribution in [0.3, 0.4) is 0 Å². The fourth-order valence-corrected chi connectivity index (χ4v) is 2.23. The molecule has 5 heteroatoms. The van der Waals surface area contributed by atoms with Crippen LogP contribution in [0.25, 0.3) is 0 Å². The minimum absolute atomic E-state index is 0.225. The summed E-state index contributed by atoms with van der Waals surface area (Å²) in [5.74, 6) is -0.877. The second-order valence-electron chi connectivity index (χ2n) is 4.60. The Bertz CT molecular complexity index is 686. The third-order valence-corrected chi connectivity index (χ3v) is 3.78. The number of nitrogen functional groups attached to an aromatic ring is 1. The van der Waals surface area contributed by atoms with E-state index in [1.54, 1.807) is 12.1 Å². The first-order chi connectivity index (χ1) is 9.38. The fraction of sp³-hybridized carbons (Fsp3) is 0.133. The van der Waals surface area contributed by atoms with Crippen LogP contribution in [0.1, 0.15) is 21.5 Å². The summed E-state index contributed by atoms with van der Waals surface area (Å²) >= 11 is 3.23. The van der Waals surface area contributed by atoms with E-state index in [4.69, 9.17) is 5.73 Å². The molecule has 0 radical (unpaired) electrons. The highest BCUT2D eigenvalue weighted by Gasteiger charge is 2.13. The first kappa shape index (κ1) is 14.5. The van der Waals surface area contributed by atoms with Crippen molar-refractivity contribution < 1.29 is 9.18 Å². The zero-order valence-corrected chi connectivity index (χ0v) is 12.7. The average Bonchev–Trinajstić information content (AvgIpc) is 2.38. The van der Waals surface area contributed by atoms with Gasteiger partial charge in [-0.3, -0.25) is 4.79 Å². The maximum Gasteiger partial charge on any atom is 0.256 e. The number of carbonyl (C=O) groups is 1. The topological polar surface area (TPSA) is 55.1 Å². The summed E-state index contributed by atoms with van der Waals surface area (Å²) < 4.78 is 13.7. The maximum absolute atomic E-state index is 13.2. The van der Waals surface area contributed by atoms with E-state index in [9.17, 15) is 9.18 Å². The van der Waals surface area contributed by atoms with Crippen LogP contribution >= 0.6 is 15.9 Å². The van der Waals surface area contributed by atoms with Gasteiger partial charge in [0.25, 0.3) is 5.91 Å². The van der Waals surface area contributed by atoms with E-state index >= 15 is 0 Å². The van der Waals surface area contributed by atoms with Crippen LogP contribution in [0.2, 0.25) is 0 Å². The highest BCUT2D eigenvalue weighted by Crippen LogP contribution is 2.25. The minimum atomic E-state index is -0.466. The van der Waals surface area contributed by atoms with Gasteiger partial charge in [0, 0.05) is 4.47 Å². The second kappa shape index (κ2) is 5.63. The van der Waals surface area contributed by atoms with E-state index < -0.39 is 11.7 Å².